The predicted octanol–water partition coefficient (Wildman–Crippen LogP) is 3.37. The van der Waals surface area contributed by atoms with Gasteiger partial charge in [-0.1, -0.05) is 24.6 Å². The van der Waals surface area contributed by atoms with Crippen molar-refractivity contribution >= 4 is 17.3 Å². The molecule has 1 aliphatic rings. The third-order valence-electron chi connectivity index (χ3n) is 4.34. The van der Waals surface area contributed by atoms with Gasteiger partial charge < -0.3 is 15.1 Å². The molecule has 0 aromatic heterocycles. The van der Waals surface area contributed by atoms with Crippen molar-refractivity contribution in [1.29, 1.82) is 0 Å². The van der Waals surface area contributed by atoms with E-state index in [0.29, 0.717) is 6.04 Å². The maximum absolute atomic E-state index is 6.48. The molecule has 3 nitrogen and oxygen atoms in total. The molecule has 0 saturated carbocycles. The summed E-state index contributed by atoms with van der Waals surface area (Å²) in [7, 11) is 4.36. The molecule has 21 heavy (non-hydrogen) atoms. The molecule has 118 valence electrons. The standard InChI is InChI=1S/C17H28ClN3/c1-4-9-19-12-14-7-8-17(16(18)11-14)21(3)13-15-6-5-10-20(15)2/h7-8,11,15,19H,4-6,9-10,12-13H2,1-3H3. The zero-order chi connectivity index (χ0) is 15.2. The van der Waals surface area contributed by atoms with Gasteiger partial charge in [0.05, 0.1) is 10.7 Å². The number of hydrogen-bond donors (Lipinski definition) is 1. The number of rotatable bonds is 7. The van der Waals surface area contributed by atoms with E-state index in [1.54, 1.807) is 0 Å². The summed E-state index contributed by atoms with van der Waals surface area (Å²) in [6, 6.07) is 7.07. The Bertz CT molecular complexity index is 450. The smallest absolute Gasteiger partial charge is 0.0642 e. The molecule has 0 spiro atoms. The quantitative estimate of drug-likeness (QED) is 0.779. The summed E-state index contributed by atoms with van der Waals surface area (Å²) in [5.41, 5.74) is 2.39. The lowest BCUT2D eigenvalue weighted by atomic mass is 10.1. The molecule has 0 aliphatic carbocycles. The van der Waals surface area contributed by atoms with E-state index in [0.717, 1.165) is 36.8 Å². The molecule has 1 aliphatic heterocycles. The fraction of sp³-hybridized carbons (Fsp3) is 0.647. The van der Waals surface area contributed by atoms with E-state index in [1.807, 2.05) is 0 Å². The second kappa shape index (κ2) is 8.02. The second-order valence-electron chi connectivity index (χ2n) is 6.12. The fourth-order valence-electron chi connectivity index (χ4n) is 3.00. The molecule has 1 aromatic rings. The summed E-state index contributed by atoms with van der Waals surface area (Å²) in [5.74, 6) is 0. The van der Waals surface area contributed by atoms with Crippen LogP contribution in [0.2, 0.25) is 5.02 Å². The number of hydrogen-bond acceptors (Lipinski definition) is 3. The number of anilines is 1. The molecule has 1 N–H and O–H groups in total. The molecule has 1 saturated heterocycles. The van der Waals surface area contributed by atoms with E-state index in [4.69, 9.17) is 11.6 Å². The summed E-state index contributed by atoms with van der Waals surface area (Å²) in [6.07, 6.45) is 3.76. The Hall–Kier alpha value is -0.770. The number of nitrogens with one attached hydrogen (secondary N) is 1. The average molecular weight is 310 g/mol. The number of likely N-dealkylation sites (N-methyl/N-ethyl adjacent to an activating group) is 2. The Morgan fingerprint density at radius 3 is 2.86 bits per heavy atom. The van der Waals surface area contributed by atoms with E-state index in [2.05, 4.69) is 54.3 Å². The molecule has 4 heteroatoms. The first-order valence-electron chi connectivity index (χ1n) is 8.02. The van der Waals surface area contributed by atoms with Crippen molar-refractivity contribution in [2.75, 3.05) is 38.6 Å². The molecular formula is C17H28ClN3. The first kappa shape index (κ1) is 16.6. The zero-order valence-corrected chi connectivity index (χ0v) is 14.3. The lowest BCUT2D eigenvalue weighted by Crippen LogP contribution is -2.36. The Kier molecular flexibility index (Phi) is 6.34. The van der Waals surface area contributed by atoms with Crippen LogP contribution in [0.5, 0.6) is 0 Å². The minimum Gasteiger partial charge on any atom is -0.372 e. The molecule has 0 radical (unpaired) electrons. The van der Waals surface area contributed by atoms with Gasteiger partial charge in [-0.3, -0.25) is 0 Å². The van der Waals surface area contributed by atoms with Crippen molar-refractivity contribution in [2.45, 2.75) is 38.8 Å². The average Bonchev–Trinajstić information content (AvgIpc) is 2.84. The Labute approximate surface area is 134 Å². The first-order chi connectivity index (χ1) is 10.1. The third kappa shape index (κ3) is 4.60. The minimum atomic E-state index is 0.650. The lowest BCUT2D eigenvalue weighted by molar-refractivity contribution is 0.314. The Morgan fingerprint density at radius 2 is 2.24 bits per heavy atom. The van der Waals surface area contributed by atoms with Crippen LogP contribution in [0.25, 0.3) is 0 Å². The molecule has 2 rings (SSSR count). The van der Waals surface area contributed by atoms with Crippen LogP contribution >= 0.6 is 11.6 Å². The van der Waals surface area contributed by atoms with Gasteiger partial charge in [0, 0.05) is 26.2 Å². The van der Waals surface area contributed by atoms with Gasteiger partial charge in [-0.15, -0.1) is 0 Å². The highest BCUT2D eigenvalue weighted by molar-refractivity contribution is 6.33. The summed E-state index contributed by atoms with van der Waals surface area (Å²) in [5, 5.41) is 4.27. The third-order valence-corrected chi connectivity index (χ3v) is 4.64. The fourth-order valence-corrected chi connectivity index (χ4v) is 3.35. The van der Waals surface area contributed by atoms with Gasteiger partial charge >= 0.3 is 0 Å². The lowest BCUT2D eigenvalue weighted by Gasteiger charge is -2.28. The SMILES string of the molecule is CCCNCc1ccc(N(C)CC2CCCN2C)c(Cl)c1. The molecule has 0 bridgehead atoms. The molecule has 1 aromatic carbocycles. The van der Waals surface area contributed by atoms with Gasteiger partial charge in [0.2, 0.25) is 0 Å². The molecule has 1 unspecified atom stereocenters. The Morgan fingerprint density at radius 1 is 1.43 bits per heavy atom. The Balaban J connectivity index is 1.95. The molecule has 1 heterocycles. The summed E-state index contributed by atoms with van der Waals surface area (Å²) < 4.78 is 0. The maximum atomic E-state index is 6.48. The van der Waals surface area contributed by atoms with Gasteiger partial charge in [-0.2, -0.15) is 0 Å². The van der Waals surface area contributed by atoms with Gasteiger partial charge in [0.1, 0.15) is 0 Å². The van der Waals surface area contributed by atoms with Gasteiger partial charge in [-0.25, -0.2) is 0 Å². The van der Waals surface area contributed by atoms with Crippen LogP contribution in [-0.4, -0.2) is 44.7 Å². The van der Waals surface area contributed by atoms with Gasteiger partial charge in [0.15, 0.2) is 0 Å². The van der Waals surface area contributed by atoms with Crippen LogP contribution in [0.1, 0.15) is 31.7 Å². The summed E-state index contributed by atoms with van der Waals surface area (Å²) >= 11 is 6.48. The molecule has 1 fully saturated rings. The van der Waals surface area contributed by atoms with Crippen molar-refractivity contribution in [1.82, 2.24) is 10.2 Å². The number of halogens is 1. The van der Waals surface area contributed by atoms with Crippen LogP contribution in [0.3, 0.4) is 0 Å². The molecule has 1 atom stereocenters. The highest BCUT2D eigenvalue weighted by Gasteiger charge is 2.22. The van der Waals surface area contributed by atoms with E-state index in [-0.39, 0.29) is 0 Å². The van der Waals surface area contributed by atoms with Gasteiger partial charge in [0.25, 0.3) is 0 Å². The van der Waals surface area contributed by atoms with Crippen molar-refractivity contribution in [3.05, 3.63) is 28.8 Å². The summed E-state index contributed by atoms with van der Waals surface area (Å²) in [6.45, 7) is 6.38. The van der Waals surface area contributed by atoms with Crippen LogP contribution < -0.4 is 10.2 Å². The number of benzene rings is 1. The number of nitrogens with zero attached hydrogens (tertiary/aromatic N) is 2. The van der Waals surface area contributed by atoms with Crippen LogP contribution in [0, 0.1) is 0 Å². The van der Waals surface area contributed by atoms with E-state index in [1.165, 1.54) is 24.9 Å². The van der Waals surface area contributed by atoms with Crippen LogP contribution in [0.15, 0.2) is 18.2 Å². The van der Waals surface area contributed by atoms with Crippen molar-refractivity contribution in [3.63, 3.8) is 0 Å². The monoisotopic (exact) mass is 309 g/mol. The predicted molar refractivity (Wildman–Crippen MR) is 92.4 cm³/mol. The molecular weight excluding hydrogens is 282 g/mol. The summed E-state index contributed by atoms with van der Waals surface area (Å²) in [4.78, 5) is 4.74. The number of likely N-dealkylation sites (tertiary alicyclic amines) is 1. The van der Waals surface area contributed by atoms with Crippen molar-refractivity contribution in [2.24, 2.45) is 0 Å². The van der Waals surface area contributed by atoms with Crippen LogP contribution in [0.4, 0.5) is 5.69 Å². The van der Waals surface area contributed by atoms with Crippen LogP contribution in [-0.2, 0) is 6.54 Å². The highest BCUT2D eigenvalue weighted by atomic mass is 35.5. The van der Waals surface area contributed by atoms with E-state index >= 15 is 0 Å². The zero-order valence-electron chi connectivity index (χ0n) is 13.5. The largest absolute Gasteiger partial charge is 0.372 e. The highest BCUT2D eigenvalue weighted by Crippen LogP contribution is 2.27. The minimum absolute atomic E-state index is 0.650. The first-order valence-corrected chi connectivity index (χ1v) is 8.40. The normalized spacial score (nSPS) is 19.1. The van der Waals surface area contributed by atoms with Crippen molar-refractivity contribution < 1.29 is 0 Å². The second-order valence-corrected chi connectivity index (χ2v) is 6.53. The maximum Gasteiger partial charge on any atom is 0.0642 e. The van der Waals surface area contributed by atoms with E-state index < -0.39 is 0 Å². The van der Waals surface area contributed by atoms with E-state index in [9.17, 15) is 0 Å². The topological polar surface area (TPSA) is 18.5 Å². The van der Waals surface area contributed by atoms with Crippen molar-refractivity contribution in [3.8, 4) is 0 Å². The van der Waals surface area contributed by atoms with Gasteiger partial charge in [-0.05, 0) is 57.1 Å². The molecule has 0 amide bonds.